The zero-order chi connectivity index (χ0) is 13.4. The van der Waals surface area contributed by atoms with Crippen molar-refractivity contribution in [2.45, 2.75) is 24.0 Å². The van der Waals surface area contributed by atoms with E-state index in [-0.39, 0.29) is 0 Å². The number of rotatable bonds is 4. The molecule has 0 unspecified atom stereocenters. The van der Waals surface area contributed by atoms with Crippen molar-refractivity contribution in [2.75, 3.05) is 14.2 Å². The van der Waals surface area contributed by atoms with Gasteiger partial charge in [-0.3, -0.25) is 9.78 Å². The first-order valence-electron chi connectivity index (χ1n) is 5.50. The summed E-state index contributed by atoms with van der Waals surface area (Å²) >= 11 is 3.37. The number of nitrogens with two attached hydrogens (primary N) is 1. The molecule has 1 aliphatic rings. The van der Waals surface area contributed by atoms with Crippen molar-refractivity contribution in [1.82, 2.24) is 4.98 Å². The third-order valence-electron chi connectivity index (χ3n) is 3.57. The summed E-state index contributed by atoms with van der Waals surface area (Å²) in [5.74, 6) is -1.14. The second-order valence-corrected chi connectivity index (χ2v) is 5.39. The Labute approximate surface area is 114 Å². The van der Waals surface area contributed by atoms with Crippen LogP contribution in [0.5, 0.6) is 0 Å². The van der Waals surface area contributed by atoms with Gasteiger partial charge in [-0.25, -0.2) is 0 Å². The summed E-state index contributed by atoms with van der Waals surface area (Å²) < 4.78 is 11.5. The van der Waals surface area contributed by atoms with Crippen molar-refractivity contribution in [1.29, 1.82) is 0 Å². The number of primary amides is 1. The molecule has 6 heteroatoms. The Hall–Kier alpha value is -0.980. The van der Waals surface area contributed by atoms with Gasteiger partial charge in [0.05, 0.1) is 5.69 Å². The fourth-order valence-corrected chi connectivity index (χ4v) is 2.72. The molecule has 98 valence electrons. The Balaban J connectivity index is 2.35. The van der Waals surface area contributed by atoms with Crippen molar-refractivity contribution in [3.8, 4) is 0 Å². The first kappa shape index (κ1) is 13.5. The van der Waals surface area contributed by atoms with E-state index in [1.807, 2.05) is 0 Å². The number of carbonyl (C=O) groups excluding carboxylic acids is 1. The standard InChI is InChI=1S/C12H15BrN2O3/c1-17-12(18-2)6-11(7-12,10(14)16)9-5-8(13)3-4-15-9/h3-5H,6-7H2,1-2H3,(H2,14,16). The van der Waals surface area contributed by atoms with Crippen LogP contribution in [0.3, 0.4) is 0 Å². The molecule has 1 amide bonds. The summed E-state index contributed by atoms with van der Waals surface area (Å²) in [6.07, 6.45) is 2.40. The highest BCUT2D eigenvalue weighted by molar-refractivity contribution is 9.10. The number of nitrogens with zero attached hydrogens (tertiary/aromatic N) is 1. The second-order valence-electron chi connectivity index (χ2n) is 4.48. The molecular weight excluding hydrogens is 300 g/mol. The summed E-state index contributed by atoms with van der Waals surface area (Å²) in [5.41, 5.74) is 5.38. The molecule has 18 heavy (non-hydrogen) atoms. The minimum absolute atomic E-state index is 0.381. The lowest BCUT2D eigenvalue weighted by atomic mass is 9.61. The molecule has 0 aliphatic heterocycles. The van der Waals surface area contributed by atoms with Crippen molar-refractivity contribution in [3.05, 3.63) is 28.5 Å². The van der Waals surface area contributed by atoms with Gasteiger partial charge in [-0.1, -0.05) is 15.9 Å². The molecule has 1 fully saturated rings. The SMILES string of the molecule is COC1(OC)CC(C(N)=O)(c2cc(Br)ccn2)C1. The van der Waals surface area contributed by atoms with E-state index in [9.17, 15) is 4.79 Å². The minimum Gasteiger partial charge on any atom is -0.369 e. The molecule has 1 aromatic heterocycles. The summed E-state index contributed by atoms with van der Waals surface area (Å²) in [6.45, 7) is 0. The molecule has 5 nitrogen and oxygen atoms in total. The lowest BCUT2D eigenvalue weighted by Crippen LogP contribution is -2.62. The van der Waals surface area contributed by atoms with Crippen LogP contribution in [0.15, 0.2) is 22.8 Å². The minimum atomic E-state index is -0.810. The van der Waals surface area contributed by atoms with Crippen molar-refractivity contribution < 1.29 is 14.3 Å². The molecule has 2 N–H and O–H groups in total. The van der Waals surface area contributed by atoms with E-state index in [0.29, 0.717) is 18.5 Å². The van der Waals surface area contributed by atoms with Gasteiger partial charge in [0, 0.05) is 37.7 Å². The number of hydrogen-bond acceptors (Lipinski definition) is 4. The van der Waals surface area contributed by atoms with Crippen molar-refractivity contribution >= 4 is 21.8 Å². The molecular formula is C12H15BrN2O3. The highest BCUT2D eigenvalue weighted by Gasteiger charge is 2.61. The average Bonchev–Trinajstić information content (AvgIpc) is 2.29. The van der Waals surface area contributed by atoms with Crippen LogP contribution >= 0.6 is 15.9 Å². The van der Waals surface area contributed by atoms with Crippen LogP contribution in [-0.2, 0) is 19.7 Å². The smallest absolute Gasteiger partial charge is 0.230 e. The molecule has 1 heterocycles. The molecule has 0 bridgehead atoms. The van der Waals surface area contributed by atoms with E-state index in [4.69, 9.17) is 15.2 Å². The highest BCUT2D eigenvalue weighted by Crippen LogP contribution is 2.51. The summed E-state index contributed by atoms with van der Waals surface area (Å²) in [7, 11) is 3.12. The third-order valence-corrected chi connectivity index (χ3v) is 4.06. The van der Waals surface area contributed by atoms with Gasteiger partial charge in [-0.15, -0.1) is 0 Å². The van der Waals surface area contributed by atoms with Crippen LogP contribution < -0.4 is 5.73 Å². The van der Waals surface area contributed by atoms with Crippen LogP contribution in [-0.4, -0.2) is 30.9 Å². The lowest BCUT2D eigenvalue weighted by molar-refractivity contribution is -0.274. The van der Waals surface area contributed by atoms with Gasteiger partial charge in [0.25, 0.3) is 0 Å². The number of pyridine rings is 1. The van der Waals surface area contributed by atoms with E-state index in [1.165, 1.54) is 0 Å². The number of methoxy groups -OCH3 is 2. The molecule has 1 aromatic rings. The number of carbonyl (C=O) groups is 1. The molecule has 0 radical (unpaired) electrons. The van der Waals surface area contributed by atoms with E-state index in [0.717, 1.165) is 4.47 Å². The number of aromatic nitrogens is 1. The second kappa shape index (κ2) is 4.60. The van der Waals surface area contributed by atoms with Crippen LogP contribution in [0.25, 0.3) is 0 Å². The summed E-state index contributed by atoms with van der Waals surface area (Å²) in [4.78, 5) is 16.0. The number of halogens is 1. The Morgan fingerprint density at radius 1 is 1.44 bits per heavy atom. The van der Waals surface area contributed by atoms with Crippen molar-refractivity contribution in [3.63, 3.8) is 0 Å². The Morgan fingerprint density at radius 3 is 2.50 bits per heavy atom. The van der Waals surface area contributed by atoms with E-state index >= 15 is 0 Å². The van der Waals surface area contributed by atoms with Gasteiger partial charge < -0.3 is 15.2 Å². The molecule has 0 spiro atoms. The molecule has 0 atom stereocenters. The van der Waals surface area contributed by atoms with Crippen molar-refractivity contribution in [2.24, 2.45) is 5.73 Å². The average molecular weight is 315 g/mol. The van der Waals surface area contributed by atoms with E-state index in [2.05, 4.69) is 20.9 Å². The van der Waals surface area contributed by atoms with E-state index in [1.54, 1.807) is 32.5 Å². The maximum Gasteiger partial charge on any atom is 0.230 e. The zero-order valence-electron chi connectivity index (χ0n) is 10.3. The molecule has 1 saturated carbocycles. The fraction of sp³-hybridized carbons (Fsp3) is 0.500. The van der Waals surface area contributed by atoms with E-state index < -0.39 is 17.1 Å². The predicted molar refractivity (Wildman–Crippen MR) is 68.8 cm³/mol. The highest BCUT2D eigenvalue weighted by atomic mass is 79.9. The van der Waals surface area contributed by atoms with Crippen LogP contribution in [0.1, 0.15) is 18.5 Å². The third kappa shape index (κ3) is 1.94. The lowest BCUT2D eigenvalue weighted by Gasteiger charge is -2.51. The summed E-state index contributed by atoms with van der Waals surface area (Å²) in [6, 6.07) is 3.61. The summed E-state index contributed by atoms with van der Waals surface area (Å²) in [5, 5.41) is 0. The molecule has 2 rings (SSSR count). The first-order valence-corrected chi connectivity index (χ1v) is 6.29. The zero-order valence-corrected chi connectivity index (χ0v) is 11.9. The topological polar surface area (TPSA) is 74.4 Å². The Bertz CT molecular complexity index is 466. The number of ether oxygens (including phenoxy) is 2. The number of amides is 1. The maximum atomic E-state index is 11.8. The molecule has 0 saturated heterocycles. The quantitative estimate of drug-likeness (QED) is 0.851. The fourth-order valence-electron chi connectivity index (χ4n) is 2.39. The van der Waals surface area contributed by atoms with Gasteiger partial charge in [-0.2, -0.15) is 0 Å². The Kier molecular flexibility index (Phi) is 3.44. The predicted octanol–water partition coefficient (Wildman–Crippen LogP) is 1.35. The van der Waals surface area contributed by atoms with Crippen LogP contribution in [0, 0.1) is 0 Å². The van der Waals surface area contributed by atoms with Crippen LogP contribution in [0.4, 0.5) is 0 Å². The largest absolute Gasteiger partial charge is 0.369 e. The monoisotopic (exact) mass is 314 g/mol. The van der Waals surface area contributed by atoms with Gasteiger partial charge in [-0.05, 0) is 12.1 Å². The first-order chi connectivity index (χ1) is 8.48. The van der Waals surface area contributed by atoms with Crippen LogP contribution in [0.2, 0.25) is 0 Å². The Morgan fingerprint density at radius 2 is 2.06 bits per heavy atom. The molecule has 0 aromatic carbocycles. The maximum absolute atomic E-state index is 11.8. The van der Waals surface area contributed by atoms with Gasteiger partial charge in [0.1, 0.15) is 5.41 Å². The van der Waals surface area contributed by atoms with Gasteiger partial charge in [0.15, 0.2) is 5.79 Å². The van der Waals surface area contributed by atoms with Gasteiger partial charge in [0.2, 0.25) is 5.91 Å². The normalized spacial score (nSPS) is 20.2. The van der Waals surface area contributed by atoms with Gasteiger partial charge >= 0.3 is 0 Å². The molecule has 1 aliphatic carbocycles. The number of hydrogen-bond donors (Lipinski definition) is 1.